The van der Waals surface area contributed by atoms with Crippen molar-refractivity contribution >= 4 is 5.97 Å². The Kier molecular flexibility index (Phi) is 6.07. The van der Waals surface area contributed by atoms with Crippen LogP contribution in [0, 0.1) is 5.82 Å². The van der Waals surface area contributed by atoms with E-state index in [2.05, 4.69) is 11.9 Å². The summed E-state index contributed by atoms with van der Waals surface area (Å²) in [7, 11) is 0. The van der Waals surface area contributed by atoms with E-state index in [1.165, 1.54) is 0 Å². The van der Waals surface area contributed by atoms with E-state index in [9.17, 15) is 9.18 Å². The molecule has 100 valence electrons. The monoisotopic (exact) mass is 257 g/mol. The molecule has 0 amide bonds. The zero-order valence-electron chi connectivity index (χ0n) is 10.2. The van der Waals surface area contributed by atoms with Crippen molar-refractivity contribution in [2.75, 3.05) is 19.8 Å². The highest BCUT2D eigenvalue weighted by Crippen LogP contribution is 2.15. The number of aromatic nitrogens is 1. The highest BCUT2D eigenvalue weighted by Gasteiger charge is 2.14. The zero-order valence-corrected chi connectivity index (χ0v) is 10.2. The molecule has 0 radical (unpaired) electrons. The molecule has 0 aliphatic heterocycles. The molecule has 0 unspecified atom stereocenters. The largest absolute Gasteiger partial charge is 0.477 e. The summed E-state index contributed by atoms with van der Waals surface area (Å²) in [6, 6.07) is 0.878. The lowest BCUT2D eigenvalue weighted by atomic mass is 10.3. The van der Waals surface area contributed by atoms with Crippen LogP contribution in [0.5, 0.6) is 5.88 Å². The minimum absolute atomic E-state index is 0.0945. The molecule has 0 aromatic carbocycles. The molecule has 0 aliphatic carbocycles. The molecule has 1 rings (SSSR count). The van der Waals surface area contributed by atoms with Gasteiger partial charge in [-0.2, -0.15) is 0 Å². The topological polar surface area (TPSA) is 68.7 Å². The van der Waals surface area contributed by atoms with Crippen molar-refractivity contribution in [2.24, 2.45) is 0 Å². The number of rotatable bonds is 8. The molecule has 0 fully saturated rings. The summed E-state index contributed by atoms with van der Waals surface area (Å²) < 4.78 is 23.2. The zero-order chi connectivity index (χ0) is 13.4. The second-order valence-electron chi connectivity index (χ2n) is 3.63. The number of pyridine rings is 1. The number of ether oxygens (including phenoxy) is 2. The fourth-order valence-corrected chi connectivity index (χ4v) is 1.24. The molecule has 0 aliphatic rings. The SMILES string of the molecule is CCCCOCCOc1ncc(F)cc1C(=O)O. The lowest BCUT2D eigenvalue weighted by Gasteiger charge is -2.08. The van der Waals surface area contributed by atoms with E-state index in [4.69, 9.17) is 14.6 Å². The highest BCUT2D eigenvalue weighted by atomic mass is 19.1. The number of aromatic carboxylic acids is 1. The average molecular weight is 257 g/mol. The van der Waals surface area contributed by atoms with Gasteiger partial charge >= 0.3 is 5.97 Å². The average Bonchev–Trinajstić information content (AvgIpc) is 2.35. The first kappa shape index (κ1) is 14.4. The Morgan fingerprint density at radius 3 is 2.89 bits per heavy atom. The van der Waals surface area contributed by atoms with Crippen LogP contribution in [-0.4, -0.2) is 35.9 Å². The van der Waals surface area contributed by atoms with Gasteiger partial charge in [-0.05, 0) is 12.5 Å². The fourth-order valence-electron chi connectivity index (χ4n) is 1.24. The Balaban J connectivity index is 2.44. The molecule has 0 saturated carbocycles. The fraction of sp³-hybridized carbons (Fsp3) is 0.500. The van der Waals surface area contributed by atoms with Crippen molar-refractivity contribution in [3.63, 3.8) is 0 Å². The Bertz CT molecular complexity index is 398. The van der Waals surface area contributed by atoms with Crippen LogP contribution >= 0.6 is 0 Å². The molecule has 0 spiro atoms. The van der Waals surface area contributed by atoms with Gasteiger partial charge in [0.05, 0.1) is 12.8 Å². The third kappa shape index (κ3) is 4.67. The summed E-state index contributed by atoms with van der Waals surface area (Å²) in [6.45, 7) is 3.23. The first-order chi connectivity index (χ1) is 8.65. The van der Waals surface area contributed by atoms with E-state index >= 15 is 0 Å². The number of unbranched alkanes of at least 4 members (excludes halogenated alkanes) is 1. The van der Waals surface area contributed by atoms with Gasteiger partial charge in [-0.1, -0.05) is 13.3 Å². The summed E-state index contributed by atoms with van der Waals surface area (Å²) in [5, 5.41) is 8.84. The molecular formula is C12H16FNO4. The van der Waals surface area contributed by atoms with Gasteiger partial charge in [0.15, 0.2) is 0 Å². The van der Waals surface area contributed by atoms with Crippen LogP contribution in [0.15, 0.2) is 12.3 Å². The normalized spacial score (nSPS) is 10.3. The van der Waals surface area contributed by atoms with Crippen molar-refractivity contribution in [2.45, 2.75) is 19.8 Å². The van der Waals surface area contributed by atoms with Crippen LogP contribution in [0.2, 0.25) is 0 Å². The number of nitrogens with zero attached hydrogens (tertiary/aromatic N) is 1. The predicted molar refractivity (Wildman–Crippen MR) is 62.4 cm³/mol. The molecular weight excluding hydrogens is 241 g/mol. The summed E-state index contributed by atoms with van der Waals surface area (Å²) in [4.78, 5) is 14.4. The molecule has 18 heavy (non-hydrogen) atoms. The number of carboxylic acid groups (broad SMARTS) is 1. The van der Waals surface area contributed by atoms with Crippen LogP contribution in [0.1, 0.15) is 30.1 Å². The lowest BCUT2D eigenvalue weighted by Crippen LogP contribution is -2.11. The van der Waals surface area contributed by atoms with Gasteiger partial charge in [-0.25, -0.2) is 14.2 Å². The van der Waals surface area contributed by atoms with E-state index in [0.29, 0.717) is 13.2 Å². The maximum absolute atomic E-state index is 12.8. The van der Waals surface area contributed by atoms with Gasteiger partial charge in [0.1, 0.15) is 18.0 Å². The number of halogens is 1. The Labute approximate surface area is 105 Å². The van der Waals surface area contributed by atoms with Crippen LogP contribution in [0.3, 0.4) is 0 Å². The number of carboxylic acids is 1. The summed E-state index contributed by atoms with van der Waals surface area (Å²) in [5.74, 6) is -2.08. The summed E-state index contributed by atoms with van der Waals surface area (Å²) in [6.07, 6.45) is 2.93. The lowest BCUT2D eigenvalue weighted by molar-refractivity contribution is 0.0681. The van der Waals surface area contributed by atoms with Gasteiger partial charge in [0.2, 0.25) is 5.88 Å². The smallest absolute Gasteiger partial charge is 0.341 e. The first-order valence-electron chi connectivity index (χ1n) is 5.74. The number of hydrogen-bond donors (Lipinski definition) is 1. The van der Waals surface area contributed by atoms with Gasteiger partial charge in [0.25, 0.3) is 0 Å². The quantitative estimate of drug-likeness (QED) is 0.722. The van der Waals surface area contributed by atoms with Crippen molar-refractivity contribution in [3.8, 4) is 5.88 Å². The van der Waals surface area contributed by atoms with Crippen molar-refractivity contribution in [3.05, 3.63) is 23.6 Å². The van der Waals surface area contributed by atoms with E-state index in [1.54, 1.807) is 0 Å². The van der Waals surface area contributed by atoms with Crippen molar-refractivity contribution in [1.82, 2.24) is 4.98 Å². The second kappa shape index (κ2) is 7.60. The molecule has 0 atom stereocenters. The van der Waals surface area contributed by atoms with E-state index in [0.717, 1.165) is 25.1 Å². The Morgan fingerprint density at radius 1 is 1.44 bits per heavy atom. The maximum Gasteiger partial charge on any atom is 0.341 e. The first-order valence-corrected chi connectivity index (χ1v) is 5.74. The number of hydrogen-bond acceptors (Lipinski definition) is 4. The van der Waals surface area contributed by atoms with Crippen LogP contribution < -0.4 is 4.74 Å². The minimum atomic E-state index is -1.27. The van der Waals surface area contributed by atoms with Gasteiger partial charge in [-0.3, -0.25) is 0 Å². The van der Waals surface area contributed by atoms with Gasteiger partial charge in [0, 0.05) is 6.61 Å². The molecule has 1 N–H and O–H groups in total. The van der Waals surface area contributed by atoms with Crippen molar-refractivity contribution < 1.29 is 23.8 Å². The second-order valence-corrected chi connectivity index (χ2v) is 3.63. The van der Waals surface area contributed by atoms with E-state index < -0.39 is 11.8 Å². The van der Waals surface area contributed by atoms with E-state index in [1.807, 2.05) is 0 Å². The van der Waals surface area contributed by atoms with Crippen LogP contribution in [0.25, 0.3) is 0 Å². The van der Waals surface area contributed by atoms with Gasteiger partial charge < -0.3 is 14.6 Å². The third-order valence-corrected chi connectivity index (χ3v) is 2.16. The molecule has 0 bridgehead atoms. The molecule has 6 heteroatoms. The molecule has 1 heterocycles. The minimum Gasteiger partial charge on any atom is -0.477 e. The molecule has 0 saturated heterocycles. The van der Waals surface area contributed by atoms with Crippen LogP contribution in [0.4, 0.5) is 4.39 Å². The van der Waals surface area contributed by atoms with Crippen LogP contribution in [-0.2, 0) is 4.74 Å². The number of carbonyl (C=O) groups is 1. The Morgan fingerprint density at radius 2 is 2.22 bits per heavy atom. The third-order valence-electron chi connectivity index (χ3n) is 2.16. The van der Waals surface area contributed by atoms with Gasteiger partial charge in [-0.15, -0.1) is 0 Å². The predicted octanol–water partition coefficient (Wildman–Crippen LogP) is 2.11. The molecule has 1 aromatic heterocycles. The highest BCUT2D eigenvalue weighted by molar-refractivity contribution is 5.90. The standard InChI is InChI=1S/C12H16FNO4/c1-2-3-4-17-5-6-18-11-10(12(15)16)7-9(13)8-14-11/h7-8H,2-6H2,1H3,(H,15,16). The van der Waals surface area contributed by atoms with E-state index in [-0.39, 0.29) is 18.1 Å². The van der Waals surface area contributed by atoms with Crippen molar-refractivity contribution in [1.29, 1.82) is 0 Å². The summed E-state index contributed by atoms with van der Waals surface area (Å²) in [5.41, 5.74) is -0.288. The molecule has 5 nitrogen and oxygen atoms in total. The summed E-state index contributed by atoms with van der Waals surface area (Å²) >= 11 is 0. The maximum atomic E-state index is 12.8. The molecule has 1 aromatic rings. The Hall–Kier alpha value is -1.69.